The summed E-state index contributed by atoms with van der Waals surface area (Å²) in [5.74, 6) is 0.694. The molecule has 1 aliphatic heterocycles. The van der Waals surface area contributed by atoms with Crippen molar-refractivity contribution in [2.24, 2.45) is 5.73 Å². The summed E-state index contributed by atoms with van der Waals surface area (Å²) in [7, 11) is 0. The van der Waals surface area contributed by atoms with Crippen molar-refractivity contribution >= 4 is 17.7 Å². The fraction of sp³-hybridized carbons (Fsp3) is 0.179. The Balaban J connectivity index is 1.46. The van der Waals surface area contributed by atoms with E-state index in [1.54, 1.807) is 18.3 Å². The van der Waals surface area contributed by atoms with E-state index >= 15 is 0 Å². The first-order valence-electron chi connectivity index (χ1n) is 11.8. The number of aromatic amines is 1. The van der Waals surface area contributed by atoms with Crippen LogP contribution in [0, 0.1) is 0 Å². The van der Waals surface area contributed by atoms with Gasteiger partial charge < -0.3 is 20.7 Å². The summed E-state index contributed by atoms with van der Waals surface area (Å²) in [6, 6.07) is 22.7. The van der Waals surface area contributed by atoms with Gasteiger partial charge in [0.05, 0.1) is 17.9 Å². The molecule has 4 aromatic rings. The van der Waals surface area contributed by atoms with Gasteiger partial charge in [0.1, 0.15) is 5.82 Å². The third-order valence-electron chi connectivity index (χ3n) is 6.53. The maximum absolute atomic E-state index is 13.6. The summed E-state index contributed by atoms with van der Waals surface area (Å²) < 4.78 is 0. The topological polar surface area (TPSA) is 124 Å². The van der Waals surface area contributed by atoms with E-state index in [0.717, 1.165) is 34.4 Å². The first kappa shape index (κ1) is 23.3. The van der Waals surface area contributed by atoms with E-state index in [4.69, 9.17) is 10.8 Å². The molecule has 0 spiro atoms. The van der Waals surface area contributed by atoms with Gasteiger partial charge in [0.15, 0.2) is 0 Å². The summed E-state index contributed by atoms with van der Waals surface area (Å²) >= 11 is 0. The number of imidazole rings is 1. The number of aromatic nitrogens is 2. The Labute approximate surface area is 208 Å². The fourth-order valence-corrected chi connectivity index (χ4v) is 4.69. The van der Waals surface area contributed by atoms with Crippen LogP contribution >= 0.6 is 0 Å². The monoisotopic (exact) mass is 481 g/mol. The molecule has 3 aromatic carbocycles. The molecule has 0 saturated carbocycles. The van der Waals surface area contributed by atoms with Crippen molar-refractivity contribution in [2.45, 2.75) is 25.4 Å². The van der Waals surface area contributed by atoms with Crippen molar-refractivity contribution in [3.05, 3.63) is 107 Å². The highest BCUT2D eigenvalue weighted by Crippen LogP contribution is 2.31. The lowest BCUT2D eigenvalue weighted by molar-refractivity contribution is 0.0648. The normalized spacial score (nSPS) is 13.8. The number of carbonyl (C=O) groups is 2. The number of rotatable bonds is 7. The Morgan fingerprint density at radius 2 is 1.86 bits per heavy atom. The molecule has 5 rings (SSSR count). The lowest BCUT2D eigenvalue weighted by atomic mass is 9.94. The molecule has 1 unspecified atom stereocenters. The molecule has 5 N–H and O–H groups in total. The van der Waals surface area contributed by atoms with E-state index in [9.17, 15) is 9.59 Å². The molecule has 0 fully saturated rings. The van der Waals surface area contributed by atoms with E-state index in [2.05, 4.69) is 27.4 Å². The van der Waals surface area contributed by atoms with Gasteiger partial charge in [-0.15, -0.1) is 0 Å². The van der Waals surface area contributed by atoms with Crippen molar-refractivity contribution in [3.63, 3.8) is 0 Å². The molecule has 1 atom stereocenters. The Morgan fingerprint density at radius 1 is 1.08 bits per heavy atom. The minimum absolute atomic E-state index is 0.0113. The van der Waals surface area contributed by atoms with E-state index in [0.29, 0.717) is 36.6 Å². The number of carboxylic acid groups (broad SMARTS) is 1. The number of benzene rings is 3. The number of anilines is 1. The first-order chi connectivity index (χ1) is 17.5. The SMILES string of the molecule is NCc1ccc2c(c1)CCN(C(Cc1ccccc1)c1ncc(-c3ccc(NC(=O)O)cc3)[nH]1)C2=O. The fourth-order valence-electron chi connectivity index (χ4n) is 4.69. The second-order valence-corrected chi connectivity index (χ2v) is 8.84. The number of H-pyrrole nitrogens is 1. The second-order valence-electron chi connectivity index (χ2n) is 8.84. The number of amides is 2. The van der Waals surface area contributed by atoms with Gasteiger partial charge in [0.2, 0.25) is 0 Å². The van der Waals surface area contributed by atoms with Crippen LogP contribution in [0.25, 0.3) is 11.3 Å². The van der Waals surface area contributed by atoms with Crippen LogP contribution < -0.4 is 11.1 Å². The van der Waals surface area contributed by atoms with Crippen molar-refractivity contribution < 1.29 is 14.7 Å². The third kappa shape index (κ3) is 4.85. The minimum atomic E-state index is -1.11. The average Bonchev–Trinajstić information content (AvgIpc) is 3.38. The van der Waals surface area contributed by atoms with Crippen molar-refractivity contribution in [3.8, 4) is 11.3 Å². The van der Waals surface area contributed by atoms with E-state index in [1.165, 1.54) is 0 Å². The highest BCUT2D eigenvalue weighted by molar-refractivity contribution is 5.97. The van der Waals surface area contributed by atoms with Gasteiger partial charge in [0.25, 0.3) is 5.91 Å². The Kier molecular flexibility index (Phi) is 6.51. The molecule has 0 saturated heterocycles. The van der Waals surface area contributed by atoms with Crippen molar-refractivity contribution in [2.75, 3.05) is 11.9 Å². The van der Waals surface area contributed by atoms with Gasteiger partial charge in [-0.25, -0.2) is 9.78 Å². The average molecular weight is 482 g/mol. The largest absolute Gasteiger partial charge is 0.465 e. The Hall–Kier alpha value is -4.43. The zero-order valence-corrected chi connectivity index (χ0v) is 19.6. The number of nitrogens with one attached hydrogen (secondary N) is 2. The minimum Gasteiger partial charge on any atom is -0.465 e. The van der Waals surface area contributed by atoms with Gasteiger partial charge in [-0.3, -0.25) is 10.1 Å². The molecule has 182 valence electrons. The van der Waals surface area contributed by atoms with E-state index in [-0.39, 0.29) is 11.9 Å². The molecule has 2 heterocycles. The maximum atomic E-state index is 13.6. The quantitative estimate of drug-likeness (QED) is 0.307. The van der Waals surface area contributed by atoms with Crippen LogP contribution in [-0.4, -0.2) is 38.5 Å². The van der Waals surface area contributed by atoms with Gasteiger partial charge in [0, 0.05) is 30.8 Å². The van der Waals surface area contributed by atoms with Crippen LogP contribution in [0.5, 0.6) is 0 Å². The molecule has 8 heteroatoms. The summed E-state index contributed by atoms with van der Waals surface area (Å²) in [5.41, 5.74) is 11.8. The van der Waals surface area contributed by atoms with E-state index < -0.39 is 6.09 Å². The molecule has 2 amide bonds. The number of carbonyl (C=O) groups excluding carboxylic acids is 1. The van der Waals surface area contributed by atoms with Gasteiger partial charge in [-0.2, -0.15) is 0 Å². The van der Waals surface area contributed by atoms with Crippen LogP contribution in [0.1, 0.15) is 38.9 Å². The Morgan fingerprint density at radius 3 is 2.58 bits per heavy atom. The lowest BCUT2D eigenvalue weighted by Gasteiger charge is -2.35. The zero-order chi connectivity index (χ0) is 25.1. The summed E-state index contributed by atoms with van der Waals surface area (Å²) in [5, 5.41) is 11.2. The van der Waals surface area contributed by atoms with Crippen LogP contribution in [0.15, 0.2) is 79.0 Å². The molecule has 1 aliphatic rings. The molecule has 1 aromatic heterocycles. The molecule has 36 heavy (non-hydrogen) atoms. The zero-order valence-electron chi connectivity index (χ0n) is 19.6. The Bertz CT molecular complexity index is 1380. The van der Waals surface area contributed by atoms with E-state index in [1.807, 2.05) is 53.4 Å². The van der Waals surface area contributed by atoms with Crippen molar-refractivity contribution in [1.82, 2.24) is 14.9 Å². The summed E-state index contributed by atoms with van der Waals surface area (Å²) in [4.78, 5) is 34.5. The predicted molar refractivity (Wildman–Crippen MR) is 138 cm³/mol. The van der Waals surface area contributed by atoms with Crippen LogP contribution in [0.2, 0.25) is 0 Å². The summed E-state index contributed by atoms with van der Waals surface area (Å²) in [6.45, 7) is 1.04. The molecule has 8 nitrogen and oxygen atoms in total. The van der Waals surface area contributed by atoms with Crippen LogP contribution in [0.3, 0.4) is 0 Å². The number of fused-ring (bicyclic) bond motifs is 1. The molecule has 0 bridgehead atoms. The molecular formula is C28H27N5O3. The van der Waals surface area contributed by atoms with Gasteiger partial charge in [-0.1, -0.05) is 54.6 Å². The van der Waals surface area contributed by atoms with Gasteiger partial charge >= 0.3 is 6.09 Å². The molecule has 0 radical (unpaired) electrons. The molecule has 0 aliphatic carbocycles. The second kappa shape index (κ2) is 10.1. The van der Waals surface area contributed by atoms with Crippen LogP contribution in [-0.2, 0) is 19.4 Å². The summed E-state index contributed by atoms with van der Waals surface area (Å²) in [6.07, 6.45) is 2.02. The van der Waals surface area contributed by atoms with Gasteiger partial charge in [-0.05, 0) is 46.9 Å². The highest BCUT2D eigenvalue weighted by atomic mass is 16.4. The first-order valence-corrected chi connectivity index (χ1v) is 11.8. The standard InChI is InChI=1S/C28H27N5O3/c29-16-19-6-11-23-21(14-19)12-13-33(27(23)34)25(15-18-4-2-1-3-5-18)26-30-17-24(32-26)20-7-9-22(10-8-20)31-28(35)36/h1-11,14,17,25,31H,12-13,15-16,29H2,(H,30,32)(H,35,36). The smallest absolute Gasteiger partial charge is 0.409 e. The predicted octanol–water partition coefficient (Wildman–Crippen LogP) is 4.61. The highest BCUT2D eigenvalue weighted by Gasteiger charge is 2.32. The molecular weight excluding hydrogens is 454 g/mol. The van der Waals surface area contributed by atoms with Crippen LogP contribution in [0.4, 0.5) is 10.5 Å². The lowest BCUT2D eigenvalue weighted by Crippen LogP contribution is -2.41. The third-order valence-corrected chi connectivity index (χ3v) is 6.53. The maximum Gasteiger partial charge on any atom is 0.409 e. The number of nitrogens with zero attached hydrogens (tertiary/aromatic N) is 2. The number of hydrogen-bond donors (Lipinski definition) is 4. The number of hydrogen-bond acceptors (Lipinski definition) is 4. The number of nitrogens with two attached hydrogens (primary N) is 1. The van der Waals surface area contributed by atoms with Crippen molar-refractivity contribution in [1.29, 1.82) is 0 Å².